The number of aromatic nitrogens is 2. The first kappa shape index (κ1) is 16.4. The number of ether oxygens (including phenoxy) is 1. The van der Waals surface area contributed by atoms with E-state index in [4.69, 9.17) is 4.74 Å². The molecule has 1 N–H and O–H groups in total. The quantitative estimate of drug-likeness (QED) is 0.843. The molecule has 1 aromatic rings. The summed E-state index contributed by atoms with van der Waals surface area (Å²) in [4.78, 5) is 33.7. The number of carbonyl (C=O) groups is 2. The molecule has 0 spiro atoms. The number of hydrogen-bond acceptors (Lipinski definition) is 6. The van der Waals surface area contributed by atoms with Crippen LogP contribution in [0.25, 0.3) is 0 Å². The lowest BCUT2D eigenvalue weighted by atomic mass is 10.2. The van der Waals surface area contributed by atoms with Gasteiger partial charge in [0.15, 0.2) is 5.78 Å². The SMILES string of the molecule is CC(C)(C)OC(=O)N[C@@H]1CCN(CC(=O)c2cnccn2)C1. The molecule has 1 fully saturated rings. The summed E-state index contributed by atoms with van der Waals surface area (Å²) in [5, 5.41) is 2.84. The summed E-state index contributed by atoms with van der Waals surface area (Å²) in [7, 11) is 0. The number of hydrogen-bond donors (Lipinski definition) is 1. The lowest BCUT2D eigenvalue weighted by Crippen LogP contribution is -2.41. The number of alkyl carbamates (subject to hydrolysis) is 1. The smallest absolute Gasteiger partial charge is 0.407 e. The lowest BCUT2D eigenvalue weighted by Gasteiger charge is -2.22. The van der Waals surface area contributed by atoms with Gasteiger partial charge in [-0.25, -0.2) is 9.78 Å². The average Bonchev–Trinajstić information content (AvgIpc) is 2.84. The van der Waals surface area contributed by atoms with Crippen LogP contribution in [0.5, 0.6) is 0 Å². The summed E-state index contributed by atoms with van der Waals surface area (Å²) in [6.45, 7) is 7.15. The van der Waals surface area contributed by atoms with Gasteiger partial charge in [0.05, 0.1) is 12.7 Å². The summed E-state index contributed by atoms with van der Waals surface area (Å²) in [5.41, 5.74) is -0.143. The maximum atomic E-state index is 12.1. The molecule has 0 radical (unpaired) electrons. The first-order valence-corrected chi connectivity index (χ1v) is 7.34. The van der Waals surface area contributed by atoms with Crippen LogP contribution in [-0.2, 0) is 4.74 Å². The zero-order valence-electron chi connectivity index (χ0n) is 13.2. The Bertz CT molecular complexity index is 527. The van der Waals surface area contributed by atoms with Crippen molar-refractivity contribution in [3.8, 4) is 0 Å². The highest BCUT2D eigenvalue weighted by atomic mass is 16.6. The Labute approximate surface area is 130 Å². The summed E-state index contributed by atoms with van der Waals surface area (Å²) < 4.78 is 5.23. The van der Waals surface area contributed by atoms with Crippen LogP contribution < -0.4 is 5.32 Å². The highest BCUT2D eigenvalue weighted by Gasteiger charge is 2.27. The van der Waals surface area contributed by atoms with Gasteiger partial charge in [-0.1, -0.05) is 0 Å². The second-order valence-corrected chi connectivity index (χ2v) is 6.38. The van der Waals surface area contributed by atoms with Gasteiger partial charge in [0.1, 0.15) is 11.3 Å². The minimum absolute atomic E-state index is 0.00417. The van der Waals surface area contributed by atoms with E-state index in [-0.39, 0.29) is 18.4 Å². The highest BCUT2D eigenvalue weighted by molar-refractivity contribution is 5.95. The average molecular weight is 306 g/mol. The maximum absolute atomic E-state index is 12.1. The third-order valence-electron chi connectivity index (χ3n) is 3.21. The van der Waals surface area contributed by atoms with Crippen LogP contribution >= 0.6 is 0 Å². The second kappa shape index (κ2) is 6.83. The van der Waals surface area contributed by atoms with Crippen molar-refractivity contribution in [3.63, 3.8) is 0 Å². The summed E-state index contributed by atoms with van der Waals surface area (Å²) in [6.07, 6.45) is 4.89. The van der Waals surface area contributed by atoms with Gasteiger partial charge >= 0.3 is 6.09 Å². The molecular formula is C15H22N4O3. The Hall–Kier alpha value is -2.02. The molecular weight excluding hydrogens is 284 g/mol. The molecule has 1 saturated heterocycles. The molecule has 0 bridgehead atoms. The molecule has 7 heteroatoms. The molecule has 1 aromatic heterocycles. The van der Waals surface area contributed by atoms with E-state index in [1.54, 1.807) is 0 Å². The van der Waals surface area contributed by atoms with Crippen molar-refractivity contribution >= 4 is 11.9 Å². The Morgan fingerprint density at radius 2 is 2.18 bits per heavy atom. The number of rotatable bonds is 4. The molecule has 7 nitrogen and oxygen atoms in total. The number of ketones is 1. The van der Waals surface area contributed by atoms with Crippen molar-refractivity contribution in [1.82, 2.24) is 20.2 Å². The molecule has 2 rings (SSSR count). The normalized spacial score (nSPS) is 19.0. The molecule has 0 aliphatic carbocycles. The van der Waals surface area contributed by atoms with Crippen molar-refractivity contribution < 1.29 is 14.3 Å². The van der Waals surface area contributed by atoms with Crippen molar-refractivity contribution in [1.29, 1.82) is 0 Å². The fourth-order valence-electron chi connectivity index (χ4n) is 2.30. The van der Waals surface area contributed by atoms with Gasteiger partial charge in [-0.05, 0) is 27.2 Å². The van der Waals surface area contributed by atoms with E-state index in [0.29, 0.717) is 12.2 Å². The molecule has 0 unspecified atom stereocenters. The lowest BCUT2D eigenvalue weighted by molar-refractivity contribution is 0.0506. The maximum Gasteiger partial charge on any atom is 0.407 e. The minimum atomic E-state index is -0.510. The van der Waals surface area contributed by atoms with E-state index in [2.05, 4.69) is 15.3 Å². The van der Waals surface area contributed by atoms with Gasteiger partial charge in [-0.15, -0.1) is 0 Å². The predicted octanol–water partition coefficient (Wildman–Crippen LogP) is 1.26. The minimum Gasteiger partial charge on any atom is -0.444 e. The van der Waals surface area contributed by atoms with Gasteiger partial charge in [0, 0.05) is 31.5 Å². The molecule has 0 aromatic carbocycles. The number of nitrogens with one attached hydrogen (secondary N) is 1. The van der Waals surface area contributed by atoms with Crippen LogP contribution in [-0.4, -0.2) is 58.0 Å². The largest absolute Gasteiger partial charge is 0.444 e. The van der Waals surface area contributed by atoms with Crippen molar-refractivity contribution in [2.45, 2.75) is 38.8 Å². The Morgan fingerprint density at radius 3 is 2.82 bits per heavy atom. The van der Waals surface area contributed by atoms with Crippen molar-refractivity contribution in [3.05, 3.63) is 24.3 Å². The summed E-state index contributed by atoms with van der Waals surface area (Å²) in [6, 6.07) is 0.00417. The fourth-order valence-corrected chi connectivity index (χ4v) is 2.30. The Balaban J connectivity index is 1.78. The van der Waals surface area contributed by atoms with E-state index in [1.165, 1.54) is 18.6 Å². The first-order valence-electron chi connectivity index (χ1n) is 7.34. The van der Waals surface area contributed by atoms with Crippen LogP contribution in [0.4, 0.5) is 4.79 Å². The van der Waals surface area contributed by atoms with E-state index < -0.39 is 11.7 Å². The number of amides is 1. The highest BCUT2D eigenvalue weighted by Crippen LogP contribution is 2.12. The van der Waals surface area contributed by atoms with E-state index in [0.717, 1.165) is 13.0 Å². The molecule has 1 aliphatic heterocycles. The molecule has 22 heavy (non-hydrogen) atoms. The van der Waals surface area contributed by atoms with Crippen molar-refractivity contribution in [2.24, 2.45) is 0 Å². The van der Waals surface area contributed by atoms with Gasteiger partial charge in [0.25, 0.3) is 0 Å². The van der Waals surface area contributed by atoms with Crippen LogP contribution in [0.15, 0.2) is 18.6 Å². The molecule has 0 saturated carbocycles. The predicted molar refractivity (Wildman–Crippen MR) is 80.6 cm³/mol. The van der Waals surface area contributed by atoms with Crippen LogP contribution in [0, 0.1) is 0 Å². The molecule has 2 heterocycles. The number of nitrogens with zero attached hydrogens (tertiary/aromatic N) is 3. The molecule has 120 valence electrons. The topological polar surface area (TPSA) is 84.4 Å². The van der Waals surface area contributed by atoms with Gasteiger partial charge < -0.3 is 10.1 Å². The van der Waals surface area contributed by atoms with Gasteiger partial charge in [-0.2, -0.15) is 0 Å². The Morgan fingerprint density at radius 1 is 1.41 bits per heavy atom. The summed E-state index contributed by atoms with van der Waals surface area (Å²) in [5.74, 6) is -0.0639. The fraction of sp³-hybridized carbons (Fsp3) is 0.600. The molecule has 1 aliphatic rings. The second-order valence-electron chi connectivity index (χ2n) is 6.38. The zero-order valence-corrected chi connectivity index (χ0v) is 13.2. The monoisotopic (exact) mass is 306 g/mol. The van der Waals surface area contributed by atoms with E-state index in [1.807, 2.05) is 25.7 Å². The standard InChI is InChI=1S/C15H22N4O3/c1-15(2,3)22-14(21)18-11-4-7-19(9-11)10-13(20)12-8-16-5-6-17-12/h5-6,8,11H,4,7,9-10H2,1-3H3,(H,18,21)/t11-/m1/s1. The van der Waals surface area contributed by atoms with Gasteiger partial charge in [0.2, 0.25) is 0 Å². The van der Waals surface area contributed by atoms with Crippen molar-refractivity contribution in [2.75, 3.05) is 19.6 Å². The first-order chi connectivity index (χ1) is 10.3. The van der Waals surface area contributed by atoms with E-state index >= 15 is 0 Å². The van der Waals surface area contributed by atoms with E-state index in [9.17, 15) is 9.59 Å². The Kier molecular flexibility index (Phi) is 5.07. The molecule has 1 amide bonds. The summed E-state index contributed by atoms with van der Waals surface area (Å²) >= 11 is 0. The van der Waals surface area contributed by atoms with Crippen LogP contribution in [0.1, 0.15) is 37.7 Å². The van der Waals surface area contributed by atoms with Crippen LogP contribution in [0.3, 0.4) is 0 Å². The molecule has 1 atom stereocenters. The number of carbonyl (C=O) groups excluding carboxylic acids is 2. The third kappa shape index (κ3) is 5.07. The zero-order chi connectivity index (χ0) is 16.2. The number of likely N-dealkylation sites (tertiary alicyclic amines) is 1. The van der Waals surface area contributed by atoms with Crippen LogP contribution in [0.2, 0.25) is 0 Å². The number of Topliss-reactive ketones (excluding diaryl/α,β-unsaturated/α-hetero) is 1. The van der Waals surface area contributed by atoms with Gasteiger partial charge in [-0.3, -0.25) is 14.7 Å². The third-order valence-corrected chi connectivity index (χ3v) is 3.21.